The Balaban J connectivity index is 1.98. The van der Waals surface area contributed by atoms with Gasteiger partial charge < -0.3 is 15.3 Å². The van der Waals surface area contributed by atoms with Crippen molar-refractivity contribution >= 4 is 27.7 Å². The van der Waals surface area contributed by atoms with Crippen LogP contribution in [-0.4, -0.2) is 17.9 Å². The first-order chi connectivity index (χ1) is 11.1. The highest BCUT2D eigenvalue weighted by Gasteiger charge is 2.20. The van der Waals surface area contributed by atoms with E-state index < -0.39 is 12.1 Å². The third-order valence-corrected chi connectivity index (χ3v) is 3.56. The fourth-order valence-electron chi connectivity index (χ4n) is 1.79. The number of hydrogen-bond acceptors (Lipinski definition) is 4. The Morgan fingerprint density at radius 3 is 2.43 bits per heavy atom. The molecule has 6 heteroatoms. The van der Waals surface area contributed by atoms with E-state index in [9.17, 15) is 4.79 Å². The van der Waals surface area contributed by atoms with Gasteiger partial charge in [-0.3, -0.25) is 0 Å². The number of nitrogens with two attached hydrogens (primary N) is 1. The Hall–Kier alpha value is -2.34. The van der Waals surface area contributed by atoms with E-state index in [1.54, 1.807) is 24.3 Å². The molecule has 0 amide bonds. The maximum atomic E-state index is 12.1. The second-order valence-electron chi connectivity index (χ2n) is 4.72. The second-order valence-corrected chi connectivity index (χ2v) is 5.64. The lowest BCUT2D eigenvalue weighted by molar-refractivity contribution is -0.152. The van der Waals surface area contributed by atoms with Crippen LogP contribution in [0.25, 0.3) is 0 Å². The van der Waals surface area contributed by atoms with Crippen LogP contribution in [0.2, 0.25) is 0 Å². The van der Waals surface area contributed by atoms with Crippen molar-refractivity contribution in [3.8, 4) is 5.75 Å². The monoisotopic (exact) mass is 376 g/mol. The van der Waals surface area contributed by atoms with Gasteiger partial charge in [0.15, 0.2) is 11.9 Å². The minimum atomic E-state index is -0.737. The molecule has 1 atom stereocenters. The van der Waals surface area contributed by atoms with Gasteiger partial charge in [0.1, 0.15) is 5.75 Å². The quantitative estimate of drug-likeness (QED) is 0.362. The summed E-state index contributed by atoms with van der Waals surface area (Å²) in [5, 5.41) is 3.68. The van der Waals surface area contributed by atoms with Crippen LogP contribution in [0.5, 0.6) is 5.75 Å². The lowest BCUT2D eigenvalue weighted by atomic mass is 10.2. The van der Waals surface area contributed by atoms with Crippen molar-refractivity contribution in [2.24, 2.45) is 10.9 Å². The summed E-state index contributed by atoms with van der Waals surface area (Å²) < 4.78 is 6.51. The van der Waals surface area contributed by atoms with Crippen LogP contribution in [0, 0.1) is 0 Å². The zero-order chi connectivity index (χ0) is 16.7. The molecule has 0 bridgehead atoms. The van der Waals surface area contributed by atoms with Crippen molar-refractivity contribution in [1.29, 1.82) is 0 Å². The summed E-state index contributed by atoms with van der Waals surface area (Å²) in [6.45, 7) is 1.83. The molecule has 5 nitrogen and oxygen atoms in total. The summed E-state index contributed by atoms with van der Waals surface area (Å²) in [7, 11) is 0. The van der Waals surface area contributed by atoms with Crippen molar-refractivity contribution in [1.82, 2.24) is 0 Å². The molecule has 0 unspecified atom stereocenters. The summed E-state index contributed by atoms with van der Waals surface area (Å²) in [6.07, 6.45) is -0.277. The van der Waals surface area contributed by atoms with E-state index in [4.69, 9.17) is 15.3 Å². The summed E-state index contributed by atoms with van der Waals surface area (Å²) in [5.41, 5.74) is 6.47. The highest BCUT2D eigenvalue weighted by Crippen LogP contribution is 2.14. The third-order valence-electron chi connectivity index (χ3n) is 3.03. The standard InChI is InChI=1S/C17H17BrN2O3/c1-2-15(22-14-6-4-3-5-7-14)17(21)23-20-16(19)12-8-10-13(18)11-9-12/h3-11,15H,2H2,1H3,(H2,19,20)/t15-/m1/s1. The van der Waals surface area contributed by atoms with Crippen molar-refractivity contribution < 1.29 is 14.4 Å². The molecular formula is C17H17BrN2O3. The zero-order valence-corrected chi connectivity index (χ0v) is 14.2. The molecule has 0 heterocycles. The molecule has 120 valence electrons. The topological polar surface area (TPSA) is 73.9 Å². The lowest BCUT2D eigenvalue weighted by Gasteiger charge is -2.14. The molecule has 2 rings (SSSR count). The van der Waals surface area contributed by atoms with E-state index in [0.29, 0.717) is 17.7 Å². The highest BCUT2D eigenvalue weighted by atomic mass is 79.9. The molecule has 2 aromatic carbocycles. The molecule has 0 aliphatic heterocycles. The van der Waals surface area contributed by atoms with Crippen molar-refractivity contribution in [3.05, 3.63) is 64.6 Å². The first kappa shape index (κ1) is 17.0. The number of carbonyl (C=O) groups excluding carboxylic acids is 1. The number of nitrogens with zero attached hydrogens (tertiary/aromatic N) is 1. The number of oxime groups is 1. The predicted molar refractivity (Wildman–Crippen MR) is 92.1 cm³/mol. The summed E-state index contributed by atoms with van der Waals surface area (Å²) in [6, 6.07) is 16.3. The van der Waals surface area contributed by atoms with Gasteiger partial charge in [-0.05, 0) is 30.7 Å². The molecule has 23 heavy (non-hydrogen) atoms. The average molecular weight is 377 g/mol. The number of halogens is 1. The first-order valence-electron chi connectivity index (χ1n) is 7.12. The molecular weight excluding hydrogens is 360 g/mol. The minimum absolute atomic E-state index is 0.125. The lowest BCUT2D eigenvalue weighted by Crippen LogP contribution is -2.28. The number of amidine groups is 1. The van der Waals surface area contributed by atoms with Gasteiger partial charge >= 0.3 is 5.97 Å². The van der Waals surface area contributed by atoms with Crippen LogP contribution in [0.3, 0.4) is 0 Å². The first-order valence-corrected chi connectivity index (χ1v) is 7.91. The fourth-order valence-corrected chi connectivity index (χ4v) is 2.05. The average Bonchev–Trinajstić information content (AvgIpc) is 2.58. The summed E-state index contributed by atoms with van der Waals surface area (Å²) in [4.78, 5) is 17.0. The number of benzene rings is 2. The Kier molecular flexibility index (Phi) is 6.17. The normalized spacial score (nSPS) is 12.5. The molecule has 0 radical (unpaired) electrons. The molecule has 2 N–H and O–H groups in total. The minimum Gasteiger partial charge on any atom is -0.479 e. The molecule has 2 aromatic rings. The van der Waals surface area contributed by atoms with Crippen molar-refractivity contribution in [2.75, 3.05) is 0 Å². The second kappa shape index (κ2) is 8.33. The highest BCUT2D eigenvalue weighted by molar-refractivity contribution is 9.10. The van der Waals surface area contributed by atoms with E-state index in [2.05, 4.69) is 21.1 Å². The number of carbonyl (C=O) groups is 1. The van der Waals surface area contributed by atoms with Gasteiger partial charge in [-0.2, -0.15) is 0 Å². The summed E-state index contributed by atoms with van der Waals surface area (Å²) >= 11 is 3.33. The maximum absolute atomic E-state index is 12.1. The Morgan fingerprint density at radius 1 is 1.17 bits per heavy atom. The van der Waals surface area contributed by atoms with Gasteiger partial charge in [-0.1, -0.05) is 58.3 Å². The van der Waals surface area contributed by atoms with Gasteiger partial charge in [0.05, 0.1) is 0 Å². The number of hydrogen-bond donors (Lipinski definition) is 1. The van der Waals surface area contributed by atoms with Crippen LogP contribution in [0.15, 0.2) is 64.2 Å². The van der Waals surface area contributed by atoms with E-state index >= 15 is 0 Å². The Labute approximate surface area is 143 Å². The van der Waals surface area contributed by atoms with Gasteiger partial charge in [0, 0.05) is 10.0 Å². The van der Waals surface area contributed by atoms with Crippen LogP contribution in [0.4, 0.5) is 0 Å². The molecule has 0 aliphatic rings. The van der Waals surface area contributed by atoms with Gasteiger partial charge in [-0.25, -0.2) is 4.79 Å². The molecule has 0 fully saturated rings. The summed E-state index contributed by atoms with van der Waals surface area (Å²) in [5.74, 6) is 0.137. The third kappa shape index (κ3) is 5.10. The van der Waals surface area contributed by atoms with Crippen LogP contribution in [0.1, 0.15) is 18.9 Å². The maximum Gasteiger partial charge on any atom is 0.375 e. The van der Waals surface area contributed by atoms with E-state index in [-0.39, 0.29) is 5.84 Å². The van der Waals surface area contributed by atoms with Crippen LogP contribution in [-0.2, 0) is 9.63 Å². The molecule has 0 aliphatic carbocycles. The van der Waals surface area contributed by atoms with E-state index in [0.717, 1.165) is 4.47 Å². The molecule has 0 saturated carbocycles. The number of para-hydroxylation sites is 1. The van der Waals surface area contributed by atoms with Gasteiger partial charge in [-0.15, -0.1) is 0 Å². The Morgan fingerprint density at radius 2 is 1.83 bits per heavy atom. The molecule has 0 spiro atoms. The van der Waals surface area contributed by atoms with E-state index in [1.807, 2.05) is 37.3 Å². The molecule has 0 saturated heterocycles. The smallest absolute Gasteiger partial charge is 0.375 e. The SMILES string of the molecule is CC[C@@H](Oc1ccccc1)C(=O)O/N=C(/N)c1ccc(Br)cc1. The number of ether oxygens (including phenoxy) is 1. The van der Waals surface area contributed by atoms with Crippen molar-refractivity contribution in [2.45, 2.75) is 19.4 Å². The van der Waals surface area contributed by atoms with E-state index in [1.165, 1.54) is 0 Å². The predicted octanol–water partition coefficient (Wildman–Crippen LogP) is 3.47. The zero-order valence-electron chi connectivity index (χ0n) is 12.6. The van der Waals surface area contributed by atoms with Crippen LogP contribution >= 0.6 is 15.9 Å². The number of rotatable bonds is 6. The largest absolute Gasteiger partial charge is 0.479 e. The van der Waals surface area contributed by atoms with Gasteiger partial charge in [0.2, 0.25) is 0 Å². The van der Waals surface area contributed by atoms with Crippen LogP contribution < -0.4 is 10.5 Å². The fraction of sp³-hybridized carbons (Fsp3) is 0.176. The van der Waals surface area contributed by atoms with Gasteiger partial charge in [0.25, 0.3) is 0 Å². The molecule has 0 aromatic heterocycles. The van der Waals surface area contributed by atoms with Crippen molar-refractivity contribution in [3.63, 3.8) is 0 Å². The Bertz CT molecular complexity index is 672.